The lowest BCUT2D eigenvalue weighted by molar-refractivity contribution is 0.193. The van der Waals surface area contributed by atoms with Crippen LogP contribution in [0.5, 0.6) is 0 Å². The number of ether oxygens (including phenoxy) is 1. The molecule has 0 aromatic carbocycles. The van der Waals surface area contributed by atoms with E-state index in [2.05, 4.69) is 15.1 Å². The second kappa shape index (κ2) is 5.34. The van der Waals surface area contributed by atoms with E-state index in [1.165, 1.54) is 6.39 Å². The van der Waals surface area contributed by atoms with Crippen LogP contribution in [-0.4, -0.2) is 37.9 Å². The van der Waals surface area contributed by atoms with Crippen LogP contribution in [0.25, 0.3) is 17.2 Å². The number of pyridine rings is 1. The first-order chi connectivity index (χ1) is 10.8. The zero-order valence-electron chi connectivity index (χ0n) is 12.1. The van der Waals surface area contributed by atoms with E-state index in [1.54, 1.807) is 17.1 Å². The van der Waals surface area contributed by atoms with Gasteiger partial charge in [0.25, 0.3) is 0 Å². The van der Waals surface area contributed by atoms with Gasteiger partial charge in [0.1, 0.15) is 11.5 Å². The minimum absolute atomic E-state index is 0.226. The number of aryl methyl sites for hydroxylation is 1. The molecule has 3 aromatic rings. The number of hydrogen-bond donors (Lipinski definition) is 0. The SMILES string of the molecule is Cc1ocnc1-c1nc([C@@H]2CCOC2)nn1-c1cccnc1. The van der Waals surface area contributed by atoms with Crippen LogP contribution in [0.1, 0.15) is 23.9 Å². The molecule has 0 radical (unpaired) electrons. The van der Waals surface area contributed by atoms with Crippen molar-refractivity contribution in [2.24, 2.45) is 0 Å². The molecule has 0 unspecified atom stereocenters. The quantitative estimate of drug-likeness (QED) is 0.737. The number of hydrogen-bond acceptors (Lipinski definition) is 6. The van der Waals surface area contributed by atoms with E-state index in [0.29, 0.717) is 23.9 Å². The number of nitrogens with zero attached hydrogens (tertiary/aromatic N) is 5. The van der Waals surface area contributed by atoms with E-state index >= 15 is 0 Å². The van der Waals surface area contributed by atoms with Crippen molar-refractivity contribution in [3.63, 3.8) is 0 Å². The lowest BCUT2D eigenvalue weighted by Crippen LogP contribution is -2.03. The van der Waals surface area contributed by atoms with Crippen molar-refractivity contribution in [1.29, 1.82) is 0 Å². The number of aromatic nitrogens is 5. The fourth-order valence-electron chi connectivity index (χ4n) is 2.57. The number of oxazole rings is 1. The maximum absolute atomic E-state index is 5.45. The Bertz CT molecular complexity index is 774. The summed E-state index contributed by atoms with van der Waals surface area (Å²) in [6.45, 7) is 3.28. The van der Waals surface area contributed by atoms with Gasteiger partial charge in [0.15, 0.2) is 18.0 Å². The fraction of sp³-hybridized carbons (Fsp3) is 0.333. The minimum atomic E-state index is 0.226. The van der Waals surface area contributed by atoms with Gasteiger partial charge in [-0.05, 0) is 25.5 Å². The summed E-state index contributed by atoms with van der Waals surface area (Å²) in [5.41, 5.74) is 1.54. The smallest absolute Gasteiger partial charge is 0.185 e. The highest BCUT2D eigenvalue weighted by Gasteiger charge is 2.26. The summed E-state index contributed by atoms with van der Waals surface area (Å²) in [5.74, 6) is 2.38. The van der Waals surface area contributed by atoms with Gasteiger partial charge in [-0.1, -0.05) is 0 Å². The van der Waals surface area contributed by atoms with Crippen LogP contribution in [-0.2, 0) is 4.74 Å². The lowest BCUT2D eigenvalue weighted by atomic mass is 10.1. The Morgan fingerprint density at radius 2 is 2.32 bits per heavy atom. The predicted molar refractivity (Wildman–Crippen MR) is 77.6 cm³/mol. The van der Waals surface area contributed by atoms with Crippen LogP contribution >= 0.6 is 0 Å². The van der Waals surface area contributed by atoms with Crippen molar-refractivity contribution in [1.82, 2.24) is 24.7 Å². The van der Waals surface area contributed by atoms with E-state index < -0.39 is 0 Å². The molecule has 1 aliphatic rings. The third-order valence-corrected chi connectivity index (χ3v) is 3.77. The van der Waals surface area contributed by atoms with E-state index in [0.717, 1.165) is 24.5 Å². The van der Waals surface area contributed by atoms with Crippen LogP contribution in [0.4, 0.5) is 0 Å². The average Bonchev–Trinajstić information content (AvgIpc) is 3.27. The lowest BCUT2D eigenvalue weighted by Gasteiger charge is -2.03. The second-order valence-corrected chi connectivity index (χ2v) is 5.23. The van der Waals surface area contributed by atoms with E-state index in [-0.39, 0.29) is 5.92 Å². The largest absolute Gasteiger partial charge is 0.448 e. The zero-order chi connectivity index (χ0) is 14.9. The van der Waals surface area contributed by atoms with Crippen molar-refractivity contribution in [2.45, 2.75) is 19.3 Å². The zero-order valence-corrected chi connectivity index (χ0v) is 12.1. The summed E-state index contributed by atoms with van der Waals surface area (Å²) in [6.07, 6.45) is 5.84. The maximum Gasteiger partial charge on any atom is 0.185 e. The molecule has 1 saturated heterocycles. The molecule has 0 bridgehead atoms. The van der Waals surface area contributed by atoms with Crippen molar-refractivity contribution < 1.29 is 9.15 Å². The normalized spacial score (nSPS) is 18.0. The Hall–Kier alpha value is -2.54. The molecular weight excluding hydrogens is 282 g/mol. The standard InChI is InChI=1S/C15H15N5O2/c1-10-13(17-9-22-10)15-18-14(11-4-6-21-8-11)19-20(15)12-3-2-5-16-7-12/h2-3,5,7,9,11H,4,6,8H2,1H3/t11-/m1/s1. The fourth-order valence-corrected chi connectivity index (χ4v) is 2.57. The second-order valence-electron chi connectivity index (χ2n) is 5.23. The molecule has 1 aliphatic heterocycles. The highest BCUT2D eigenvalue weighted by molar-refractivity contribution is 5.55. The molecule has 1 atom stereocenters. The molecule has 7 nitrogen and oxygen atoms in total. The highest BCUT2D eigenvalue weighted by Crippen LogP contribution is 2.28. The van der Waals surface area contributed by atoms with Crippen molar-refractivity contribution in [3.05, 3.63) is 42.5 Å². The molecule has 4 heterocycles. The van der Waals surface area contributed by atoms with E-state index in [4.69, 9.17) is 14.1 Å². The first-order valence-corrected chi connectivity index (χ1v) is 7.18. The van der Waals surface area contributed by atoms with Crippen LogP contribution in [0, 0.1) is 6.92 Å². The molecule has 0 amide bonds. The molecule has 22 heavy (non-hydrogen) atoms. The summed E-state index contributed by atoms with van der Waals surface area (Å²) in [6, 6.07) is 3.81. The van der Waals surface area contributed by atoms with Gasteiger partial charge in [-0.15, -0.1) is 0 Å². The first-order valence-electron chi connectivity index (χ1n) is 7.18. The monoisotopic (exact) mass is 297 g/mol. The molecule has 7 heteroatoms. The van der Waals surface area contributed by atoms with E-state index in [1.807, 2.05) is 19.1 Å². The van der Waals surface area contributed by atoms with Gasteiger partial charge in [-0.25, -0.2) is 14.6 Å². The van der Waals surface area contributed by atoms with Crippen molar-refractivity contribution in [2.75, 3.05) is 13.2 Å². The van der Waals surface area contributed by atoms with Gasteiger partial charge < -0.3 is 9.15 Å². The molecule has 112 valence electrons. The Kier molecular flexibility index (Phi) is 3.19. The van der Waals surface area contributed by atoms with Gasteiger partial charge in [0, 0.05) is 18.7 Å². The summed E-state index contributed by atoms with van der Waals surface area (Å²) in [7, 11) is 0. The van der Waals surface area contributed by atoms with Gasteiger partial charge in [0.05, 0.1) is 18.5 Å². The molecular formula is C15H15N5O2. The Labute approximate surface area is 127 Å². The molecule has 0 aliphatic carbocycles. The summed E-state index contributed by atoms with van der Waals surface area (Å²) in [4.78, 5) is 13.1. The van der Waals surface area contributed by atoms with Gasteiger partial charge in [-0.2, -0.15) is 5.10 Å². The molecule has 0 saturated carbocycles. The summed E-state index contributed by atoms with van der Waals surface area (Å²) < 4.78 is 12.5. The van der Waals surface area contributed by atoms with Crippen LogP contribution < -0.4 is 0 Å². The molecule has 0 spiro atoms. The Balaban J connectivity index is 1.86. The number of rotatable bonds is 3. The van der Waals surface area contributed by atoms with E-state index in [9.17, 15) is 0 Å². The van der Waals surface area contributed by atoms with Crippen molar-refractivity contribution >= 4 is 0 Å². The third-order valence-electron chi connectivity index (χ3n) is 3.77. The minimum Gasteiger partial charge on any atom is -0.448 e. The molecule has 0 N–H and O–H groups in total. The van der Waals surface area contributed by atoms with Gasteiger partial charge >= 0.3 is 0 Å². The first kappa shape index (κ1) is 13.1. The Morgan fingerprint density at radius 3 is 3.00 bits per heavy atom. The summed E-state index contributed by atoms with van der Waals surface area (Å²) >= 11 is 0. The van der Waals surface area contributed by atoms with Gasteiger partial charge in [-0.3, -0.25) is 4.98 Å². The predicted octanol–water partition coefficient (Wildman–Crippen LogP) is 2.13. The van der Waals surface area contributed by atoms with Crippen LogP contribution in [0.3, 0.4) is 0 Å². The van der Waals surface area contributed by atoms with Crippen LogP contribution in [0.15, 0.2) is 35.3 Å². The molecule has 4 rings (SSSR count). The van der Waals surface area contributed by atoms with Gasteiger partial charge in [0.2, 0.25) is 0 Å². The summed E-state index contributed by atoms with van der Waals surface area (Å²) in [5, 5.41) is 4.66. The molecule has 1 fully saturated rings. The van der Waals surface area contributed by atoms with Crippen LogP contribution in [0.2, 0.25) is 0 Å². The highest BCUT2D eigenvalue weighted by atomic mass is 16.5. The molecule has 3 aromatic heterocycles. The average molecular weight is 297 g/mol. The van der Waals surface area contributed by atoms with Crippen molar-refractivity contribution in [3.8, 4) is 17.2 Å². The topological polar surface area (TPSA) is 78.9 Å². The maximum atomic E-state index is 5.45. The third kappa shape index (κ3) is 2.19. The Morgan fingerprint density at radius 1 is 1.36 bits per heavy atom.